The molecule has 2 aliphatic heterocycles. The number of nitrogens with one attached hydrogen (secondary N) is 2. The zero-order valence-electron chi connectivity index (χ0n) is 20.1. The molecule has 19 nitrogen and oxygen atoms in total. The number of aromatic amines is 1. The van der Waals surface area contributed by atoms with E-state index in [9.17, 15) is 58.8 Å². The zero-order chi connectivity index (χ0) is 29.3. The number of phosphoric acid groups is 1. The van der Waals surface area contributed by atoms with E-state index in [0.29, 0.717) is 0 Å². The molecule has 0 saturated carbocycles. The Hall–Kier alpha value is -1.83. The maximum absolute atomic E-state index is 12.7. The van der Waals surface area contributed by atoms with Gasteiger partial charge in [0.05, 0.1) is 31.5 Å². The quantitative estimate of drug-likeness (QED) is 0.113. The molecule has 0 radical (unpaired) electrons. The maximum atomic E-state index is 12.7. The van der Waals surface area contributed by atoms with E-state index in [-0.39, 0.29) is 0 Å². The van der Waals surface area contributed by atoms with Crippen molar-refractivity contribution in [2.75, 3.05) is 19.4 Å². The van der Waals surface area contributed by atoms with Gasteiger partial charge in [0, 0.05) is 19.2 Å². The number of aromatic nitrogens is 2. The molecule has 1 aromatic rings. The van der Waals surface area contributed by atoms with E-state index in [1.807, 2.05) is 4.98 Å². The highest BCUT2D eigenvalue weighted by molar-refractivity contribution is 7.64. The van der Waals surface area contributed by atoms with Crippen LogP contribution in [0.25, 0.3) is 0 Å². The van der Waals surface area contributed by atoms with Gasteiger partial charge in [0.25, 0.3) is 5.56 Å². The third-order valence-corrected chi connectivity index (χ3v) is 9.05. The molecule has 21 heteroatoms. The Labute approximate surface area is 218 Å². The van der Waals surface area contributed by atoms with Crippen molar-refractivity contribution in [3.05, 3.63) is 33.1 Å². The molecule has 0 bridgehead atoms. The van der Waals surface area contributed by atoms with Crippen LogP contribution in [-0.4, -0.2) is 119 Å². The second-order valence-electron chi connectivity index (χ2n) is 8.83. The van der Waals surface area contributed by atoms with Crippen molar-refractivity contribution < 1.29 is 67.6 Å². The van der Waals surface area contributed by atoms with Crippen LogP contribution in [0.4, 0.5) is 0 Å². The number of ether oxygens (including phenoxy) is 2. The van der Waals surface area contributed by atoms with Crippen LogP contribution in [0.5, 0.6) is 0 Å². The summed E-state index contributed by atoms with van der Waals surface area (Å²) in [5.74, 6) is -0.716. The topological polar surface area (TPSA) is 297 Å². The molecule has 9 N–H and O–H groups in total. The largest absolute Gasteiger partial charge is 0.479 e. The second kappa shape index (κ2) is 12.4. The molecule has 2 fully saturated rings. The van der Waals surface area contributed by atoms with Crippen molar-refractivity contribution in [3.63, 3.8) is 0 Å². The summed E-state index contributed by atoms with van der Waals surface area (Å²) in [6.07, 6.45) is -13.2. The summed E-state index contributed by atoms with van der Waals surface area (Å²) in [5, 5.41) is 52.3. The van der Waals surface area contributed by atoms with Gasteiger partial charge in [-0.05, 0) is 0 Å². The molecule has 1 aromatic heterocycles. The summed E-state index contributed by atoms with van der Waals surface area (Å²) in [4.78, 5) is 56.8. The third kappa shape index (κ3) is 7.68. The Morgan fingerprint density at radius 2 is 1.69 bits per heavy atom. The summed E-state index contributed by atoms with van der Waals surface area (Å²) in [6, 6.07) is -0.530. The molecule has 11 atom stereocenters. The van der Waals surface area contributed by atoms with Crippen LogP contribution in [0.1, 0.15) is 13.2 Å². The average Bonchev–Trinajstić information content (AvgIpc) is 3.10. The lowest BCUT2D eigenvalue weighted by molar-refractivity contribution is -0.190. The minimum atomic E-state index is -5.39. The van der Waals surface area contributed by atoms with Crippen molar-refractivity contribution in [1.82, 2.24) is 14.9 Å². The first-order valence-electron chi connectivity index (χ1n) is 11.3. The molecule has 1 amide bonds. The summed E-state index contributed by atoms with van der Waals surface area (Å²) >= 11 is 0. The Morgan fingerprint density at radius 3 is 2.28 bits per heavy atom. The van der Waals surface area contributed by atoms with Gasteiger partial charge in [0.1, 0.15) is 36.6 Å². The average molecular weight is 605 g/mol. The van der Waals surface area contributed by atoms with Crippen molar-refractivity contribution in [2.24, 2.45) is 0 Å². The summed E-state index contributed by atoms with van der Waals surface area (Å²) in [7, 11) is -10.5. The fourth-order valence-electron chi connectivity index (χ4n) is 4.10. The first kappa shape index (κ1) is 31.7. The predicted molar refractivity (Wildman–Crippen MR) is 124 cm³/mol. The molecule has 39 heavy (non-hydrogen) atoms. The number of carbonyl (C=O) groups excluding carboxylic acids is 1. The van der Waals surface area contributed by atoms with E-state index in [1.54, 1.807) is 0 Å². The summed E-state index contributed by atoms with van der Waals surface area (Å²) < 4.78 is 45.4. The number of aliphatic hydroxyl groups excluding tert-OH is 5. The van der Waals surface area contributed by atoms with Crippen molar-refractivity contribution >= 4 is 21.3 Å². The standard InChI is InChI=1S/C18H29N3O16P2/c1-7(23)19-12-10(35-8(4-22)13(25)15(12)27)6-38(30,31)37-39(32,33)34-5-9-14(26)16(28)17(36-9)21-3-2-11(24)20-18(21)29/h2-3,8-10,12-17,22,25-28H,4-6H2,1H3,(H,19,23)(H,30,31)(H,32,33)(H,20,24,29)/t8?,9-,10-,12?,13-,14?,15?,16?,17-/m1/s1. The van der Waals surface area contributed by atoms with Gasteiger partial charge in [-0.3, -0.25) is 28.2 Å². The van der Waals surface area contributed by atoms with Crippen LogP contribution in [0, 0.1) is 0 Å². The first-order valence-corrected chi connectivity index (χ1v) is 14.5. The van der Waals surface area contributed by atoms with E-state index < -0.39 is 107 Å². The molecular weight excluding hydrogens is 576 g/mol. The SMILES string of the molecule is CC(=O)NC1C(O)[C@H](O)C(CO)O[C@@H]1CP(=O)(O)OP(=O)(O)OC[C@H]1O[C@@H](n2ccc(=O)[nH]c2=O)C(O)C1O. The highest BCUT2D eigenvalue weighted by atomic mass is 31.3. The molecule has 222 valence electrons. The molecule has 2 aliphatic rings. The van der Waals surface area contributed by atoms with E-state index in [1.165, 1.54) is 0 Å². The Balaban J connectivity index is 1.66. The monoisotopic (exact) mass is 605 g/mol. The lowest BCUT2D eigenvalue weighted by atomic mass is 9.93. The van der Waals surface area contributed by atoms with Crippen molar-refractivity contribution in [3.8, 4) is 0 Å². The summed E-state index contributed by atoms with van der Waals surface area (Å²) in [6.45, 7) is -0.748. The molecule has 2 saturated heterocycles. The minimum Gasteiger partial charge on any atom is -0.394 e. The van der Waals surface area contributed by atoms with E-state index in [0.717, 1.165) is 23.8 Å². The third-order valence-electron chi connectivity index (χ3n) is 5.90. The molecule has 3 rings (SSSR count). The summed E-state index contributed by atoms with van der Waals surface area (Å²) in [5.41, 5.74) is -1.73. The molecule has 3 heterocycles. The lowest BCUT2D eigenvalue weighted by Crippen LogP contribution is -2.64. The number of hydrogen-bond donors (Lipinski definition) is 9. The smallest absolute Gasteiger partial charge is 0.394 e. The molecule has 0 aromatic carbocycles. The number of amides is 1. The van der Waals surface area contributed by atoms with Gasteiger partial charge < -0.3 is 50.1 Å². The Bertz CT molecular complexity index is 1240. The minimum absolute atomic E-state index is 0.716. The molecule has 0 aliphatic carbocycles. The molecule has 7 unspecified atom stereocenters. The van der Waals surface area contributed by atoms with Crippen LogP contribution in [0.2, 0.25) is 0 Å². The fraction of sp³-hybridized carbons (Fsp3) is 0.722. The number of carbonyl (C=O) groups is 1. The zero-order valence-corrected chi connectivity index (χ0v) is 21.9. The first-order chi connectivity index (χ1) is 18.0. The lowest BCUT2D eigenvalue weighted by Gasteiger charge is -2.42. The molecule has 0 spiro atoms. The van der Waals surface area contributed by atoms with Gasteiger partial charge in [-0.1, -0.05) is 0 Å². The van der Waals surface area contributed by atoms with Crippen LogP contribution < -0.4 is 16.6 Å². The fourth-order valence-corrected chi connectivity index (χ4v) is 6.95. The Morgan fingerprint density at radius 1 is 1.05 bits per heavy atom. The highest BCUT2D eigenvalue weighted by Gasteiger charge is 2.49. The predicted octanol–water partition coefficient (Wildman–Crippen LogP) is -4.54. The van der Waals surface area contributed by atoms with Gasteiger partial charge in [0.2, 0.25) is 5.91 Å². The number of phosphoric ester groups is 1. The number of hydrogen-bond acceptors (Lipinski definition) is 14. The normalized spacial score (nSPS) is 36.2. The molecular formula is C18H29N3O16P2. The number of H-pyrrole nitrogens is 1. The second-order valence-corrected chi connectivity index (χ2v) is 12.3. The van der Waals surface area contributed by atoms with Gasteiger partial charge >= 0.3 is 21.1 Å². The number of aliphatic hydroxyl groups is 5. The van der Waals surface area contributed by atoms with Crippen LogP contribution in [0.15, 0.2) is 21.9 Å². The number of nitrogens with zero attached hydrogens (tertiary/aromatic N) is 1. The maximum Gasteiger partial charge on any atom is 0.479 e. The van der Waals surface area contributed by atoms with Gasteiger partial charge in [-0.25, -0.2) is 13.7 Å². The Kier molecular flexibility index (Phi) is 10.0. The van der Waals surface area contributed by atoms with E-state index >= 15 is 0 Å². The van der Waals surface area contributed by atoms with Crippen molar-refractivity contribution in [2.45, 2.75) is 61.9 Å². The van der Waals surface area contributed by atoms with Gasteiger partial charge in [0.15, 0.2) is 6.23 Å². The van der Waals surface area contributed by atoms with E-state index in [2.05, 4.69) is 14.2 Å². The van der Waals surface area contributed by atoms with Crippen molar-refractivity contribution in [1.29, 1.82) is 0 Å². The number of rotatable bonds is 10. The highest BCUT2D eigenvalue weighted by Crippen LogP contribution is 2.60. The van der Waals surface area contributed by atoms with Crippen LogP contribution in [0.3, 0.4) is 0 Å². The van der Waals surface area contributed by atoms with Gasteiger partial charge in [-0.2, -0.15) is 0 Å². The van der Waals surface area contributed by atoms with Gasteiger partial charge in [-0.15, -0.1) is 0 Å². The van der Waals surface area contributed by atoms with E-state index in [4.69, 9.17) is 9.47 Å². The van der Waals surface area contributed by atoms with Crippen LogP contribution in [-0.2, 0) is 32.2 Å². The van der Waals surface area contributed by atoms with Crippen LogP contribution >= 0.6 is 15.4 Å².